The molecule has 4 heterocycles. The molecule has 3 aromatic rings. The zero-order chi connectivity index (χ0) is 28.7. The Morgan fingerprint density at radius 2 is 1.95 bits per heavy atom. The molecule has 0 saturated carbocycles. The first-order valence-electron chi connectivity index (χ1n) is 14.1. The number of fused-ring (bicyclic) bond motifs is 2. The van der Waals surface area contributed by atoms with Crippen LogP contribution < -0.4 is 19.7 Å². The van der Waals surface area contributed by atoms with E-state index in [9.17, 15) is 9.59 Å². The SMILES string of the molecule is Cc1ccccc1-n1nc(C(C)(C)C)c2c1N(CC(=O)NC[C@H]1CCCO1)C(=O)CS[C@@H]2c1ccc2c(c1)OCO2. The predicted octanol–water partition coefficient (Wildman–Crippen LogP) is 4.67. The molecule has 3 aliphatic rings. The normalized spacial score (nSPS) is 20.2. The van der Waals surface area contributed by atoms with Crippen molar-refractivity contribution in [2.24, 2.45) is 0 Å². The number of thioether (sulfide) groups is 1. The molecule has 2 atom stereocenters. The zero-order valence-corrected chi connectivity index (χ0v) is 24.8. The number of anilines is 1. The summed E-state index contributed by atoms with van der Waals surface area (Å²) in [5.74, 6) is 1.88. The molecule has 216 valence electrons. The van der Waals surface area contributed by atoms with E-state index in [1.54, 1.807) is 16.7 Å². The molecule has 2 aromatic carbocycles. The minimum atomic E-state index is -0.339. The largest absolute Gasteiger partial charge is 0.454 e. The van der Waals surface area contributed by atoms with E-state index in [2.05, 4.69) is 26.1 Å². The third kappa shape index (κ3) is 5.42. The fourth-order valence-electron chi connectivity index (χ4n) is 5.61. The van der Waals surface area contributed by atoms with E-state index < -0.39 is 0 Å². The van der Waals surface area contributed by atoms with Crippen LogP contribution in [0, 0.1) is 6.92 Å². The van der Waals surface area contributed by atoms with Gasteiger partial charge in [-0.25, -0.2) is 4.68 Å². The van der Waals surface area contributed by atoms with Gasteiger partial charge in [-0.3, -0.25) is 14.5 Å². The third-order valence-electron chi connectivity index (χ3n) is 7.70. The molecule has 3 aliphatic heterocycles. The van der Waals surface area contributed by atoms with Gasteiger partial charge in [-0.15, -0.1) is 11.8 Å². The number of carbonyl (C=O) groups excluding carboxylic acids is 2. The number of carbonyl (C=O) groups is 2. The minimum absolute atomic E-state index is 0.0188. The molecule has 1 fully saturated rings. The first-order chi connectivity index (χ1) is 19.7. The Morgan fingerprint density at radius 1 is 1.15 bits per heavy atom. The van der Waals surface area contributed by atoms with E-state index in [1.807, 2.05) is 54.1 Å². The maximum Gasteiger partial charge on any atom is 0.240 e. The fourth-order valence-corrected chi connectivity index (χ4v) is 6.80. The first-order valence-corrected chi connectivity index (χ1v) is 15.1. The molecule has 0 bridgehead atoms. The van der Waals surface area contributed by atoms with Crippen LogP contribution in [-0.2, 0) is 19.7 Å². The molecule has 0 aliphatic carbocycles. The van der Waals surface area contributed by atoms with Crippen molar-refractivity contribution < 1.29 is 23.8 Å². The number of aryl methyl sites for hydroxylation is 1. The third-order valence-corrected chi connectivity index (χ3v) is 8.95. The van der Waals surface area contributed by atoms with Gasteiger partial charge in [0.1, 0.15) is 12.4 Å². The minimum Gasteiger partial charge on any atom is -0.454 e. The number of benzene rings is 2. The van der Waals surface area contributed by atoms with Gasteiger partial charge < -0.3 is 19.5 Å². The van der Waals surface area contributed by atoms with Crippen molar-refractivity contribution >= 4 is 29.4 Å². The molecule has 6 rings (SSSR count). The van der Waals surface area contributed by atoms with Gasteiger partial charge in [-0.2, -0.15) is 5.10 Å². The number of para-hydroxylation sites is 1. The van der Waals surface area contributed by atoms with Crippen LogP contribution in [0.4, 0.5) is 5.82 Å². The number of aromatic nitrogens is 2. The van der Waals surface area contributed by atoms with Crippen molar-refractivity contribution in [2.75, 3.05) is 37.1 Å². The smallest absolute Gasteiger partial charge is 0.240 e. The summed E-state index contributed by atoms with van der Waals surface area (Å²) in [6.07, 6.45) is 1.94. The molecule has 0 unspecified atom stereocenters. The maximum absolute atomic E-state index is 13.9. The van der Waals surface area contributed by atoms with Crippen LogP contribution >= 0.6 is 11.8 Å². The summed E-state index contributed by atoms with van der Waals surface area (Å²) in [4.78, 5) is 28.8. The lowest BCUT2D eigenvalue weighted by Crippen LogP contribution is -2.44. The highest BCUT2D eigenvalue weighted by Gasteiger charge is 2.40. The second-order valence-electron chi connectivity index (χ2n) is 11.8. The van der Waals surface area contributed by atoms with E-state index in [0.717, 1.165) is 47.5 Å². The summed E-state index contributed by atoms with van der Waals surface area (Å²) in [7, 11) is 0. The number of hydrogen-bond donors (Lipinski definition) is 1. The molecule has 1 N–H and O–H groups in total. The van der Waals surface area contributed by atoms with Gasteiger partial charge in [-0.05, 0) is 49.1 Å². The fraction of sp³-hybridized carbons (Fsp3) is 0.452. The van der Waals surface area contributed by atoms with E-state index in [4.69, 9.17) is 19.3 Å². The van der Waals surface area contributed by atoms with Gasteiger partial charge in [0.25, 0.3) is 0 Å². The Labute approximate surface area is 244 Å². The molecule has 10 heteroatoms. The quantitative estimate of drug-likeness (QED) is 0.456. The van der Waals surface area contributed by atoms with Crippen molar-refractivity contribution in [2.45, 2.75) is 57.3 Å². The predicted molar refractivity (Wildman–Crippen MR) is 158 cm³/mol. The Hall–Kier alpha value is -3.50. The number of nitrogens with zero attached hydrogens (tertiary/aromatic N) is 3. The standard InChI is InChI=1S/C31H36N4O5S/c1-19-8-5-6-10-22(19)35-30-27(29(33-35)31(2,3)4)28(20-11-12-23-24(14-20)40-18-39-23)41-17-26(37)34(30)16-25(36)32-15-21-9-7-13-38-21/h5-6,8,10-12,14,21,28H,7,9,13,15-18H2,1-4H3,(H,32,36)/t21-,28-/m1/s1. The molecular formula is C31H36N4O5S. The van der Waals surface area contributed by atoms with E-state index in [1.165, 1.54) is 0 Å². The molecule has 0 radical (unpaired) electrons. The summed E-state index contributed by atoms with van der Waals surface area (Å²) >= 11 is 1.55. The van der Waals surface area contributed by atoms with Crippen molar-refractivity contribution in [1.29, 1.82) is 0 Å². The van der Waals surface area contributed by atoms with Crippen LogP contribution in [0.5, 0.6) is 11.5 Å². The Bertz CT molecular complexity index is 1470. The average Bonchev–Trinajstić information content (AvgIpc) is 3.69. The zero-order valence-electron chi connectivity index (χ0n) is 23.9. The highest BCUT2D eigenvalue weighted by Crippen LogP contribution is 2.50. The van der Waals surface area contributed by atoms with Gasteiger partial charge in [0.05, 0.1) is 28.5 Å². The summed E-state index contributed by atoms with van der Waals surface area (Å²) in [5.41, 5.74) is 4.35. The van der Waals surface area contributed by atoms with Crippen molar-refractivity contribution in [3.8, 4) is 17.2 Å². The number of amides is 2. The number of ether oxygens (including phenoxy) is 3. The highest BCUT2D eigenvalue weighted by molar-refractivity contribution is 8.00. The number of rotatable bonds is 6. The van der Waals surface area contributed by atoms with Gasteiger partial charge in [-0.1, -0.05) is 45.0 Å². The molecule has 9 nitrogen and oxygen atoms in total. The maximum atomic E-state index is 13.9. The number of hydrogen-bond acceptors (Lipinski definition) is 7. The summed E-state index contributed by atoms with van der Waals surface area (Å²) in [6, 6.07) is 13.9. The molecule has 1 aromatic heterocycles. The summed E-state index contributed by atoms with van der Waals surface area (Å²) in [6.45, 7) is 9.66. The topological polar surface area (TPSA) is 94.9 Å². The average molecular weight is 577 g/mol. The first kappa shape index (κ1) is 27.7. The van der Waals surface area contributed by atoms with Gasteiger partial charge in [0.2, 0.25) is 18.6 Å². The molecule has 41 heavy (non-hydrogen) atoms. The van der Waals surface area contributed by atoms with E-state index >= 15 is 0 Å². The van der Waals surface area contributed by atoms with Crippen LogP contribution in [0.1, 0.15) is 61.2 Å². The van der Waals surface area contributed by atoms with Crippen LogP contribution in [0.15, 0.2) is 42.5 Å². The van der Waals surface area contributed by atoms with Gasteiger partial charge in [0, 0.05) is 24.1 Å². The van der Waals surface area contributed by atoms with Crippen molar-refractivity contribution in [1.82, 2.24) is 15.1 Å². The molecule has 1 saturated heterocycles. The van der Waals surface area contributed by atoms with E-state index in [-0.39, 0.29) is 47.7 Å². The van der Waals surface area contributed by atoms with Crippen LogP contribution in [0.3, 0.4) is 0 Å². The highest BCUT2D eigenvalue weighted by atomic mass is 32.2. The lowest BCUT2D eigenvalue weighted by Gasteiger charge is -2.25. The summed E-state index contributed by atoms with van der Waals surface area (Å²) < 4.78 is 18.8. The van der Waals surface area contributed by atoms with Gasteiger partial charge >= 0.3 is 0 Å². The molecule has 0 spiro atoms. The summed E-state index contributed by atoms with van der Waals surface area (Å²) in [5, 5.41) is 7.97. The second kappa shape index (κ2) is 11.1. The van der Waals surface area contributed by atoms with Crippen molar-refractivity contribution in [3.05, 3.63) is 64.8 Å². The van der Waals surface area contributed by atoms with Gasteiger partial charge in [0.15, 0.2) is 11.5 Å². The Kier molecular flexibility index (Phi) is 7.46. The molecular weight excluding hydrogens is 540 g/mol. The molecule has 2 amide bonds. The van der Waals surface area contributed by atoms with Crippen LogP contribution in [0.25, 0.3) is 5.69 Å². The second-order valence-corrected chi connectivity index (χ2v) is 12.9. The van der Waals surface area contributed by atoms with Crippen LogP contribution in [0.2, 0.25) is 0 Å². The van der Waals surface area contributed by atoms with E-state index in [0.29, 0.717) is 23.9 Å². The lowest BCUT2D eigenvalue weighted by atomic mass is 9.87. The van der Waals surface area contributed by atoms with Crippen LogP contribution in [-0.4, -0.2) is 59.9 Å². The monoisotopic (exact) mass is 576 g/mol. The number of nitrogens with one attached hydrogen (secondary N) is 1. The van der Waals surface area contributed by atoms with Crippen molar-refractivity contribution in [3.63, 3.8) is 0 Å². The Balaban J connectivity index is 1.49. The lowest BCUT2D eigenvalue weighted by molar-refractivity contribution is -0.123. The Morgan fingerprint density at radius 3 is 2.71 bits per heavy atom.